The predicted octanol–water partition coefficient (Wildman–Crippen LogP) is 4.42. The summed E-state index contributed by atoms with van der Waals surface area (Å²) in [6.07, 6.45) is 1.10. The summed E-state index contributed by atoms with van der Waals surface area (Å²) in [7, 11) is 0. The van der Waals surface area contributed by atoms with Gasteiger partial charge in [0.25, 0.3) is 0 Å². The SMILES string of the molecule is Fc1ccc(OCc2nc(CN3CCc4ccccc4C3)cs2)cc1. The number of fused-ring (bicyclic) bond motifs is 1. The highest BCUT2D eigenvalue weighted by atomic mass is 32.1. The molecular formula is C20H19FN2OS. The standard InChI is InChI=1S/C20H19FN2OS/c21-17-5-7-19(8-6-17)24-13-20-22-18(14-25-20)12-23-10-9-15-3-1-2-4-16(15)11-23/h1-8,14H,9-13H2. The van der Waals surface area contributed by atoms with E-state index >= 15 is 0 Å². The minimum absolute atomic E-state index is 0.257. The number of hydrogen-bond donors (Lipinski definition) is 0. The third-order valence-corrected chi connectivity index (χ3v) is 5.24. The fourth-order valence-electron chi connectivity index (χ4n) is 3.08. The molecule has 1 aromatic heterocycles. The van der Waals surface area contributed by atoms with E-state index < -0.39 is 0 Å². The Hall–Kier alpha value is -2.24. The first kappa shape index (κ1) is 16.2. The van der Waals surface area contributed by atoms with Crippen molar-refractivity contribution in [3.05, 3.63) is 81.6 Å². The van der Waals surface area contributed by atoms with E-state index in [0.29, 0.717) is 12.4 Å². The van der Waals surface area contributed by atoms with E-state index in [1.165, 1.54) is 23.3 Å². The summed E-state index contributed by atoms with van der Waals surface area (Å²) >= 11 is 1.61. The molecular weight excluding hydrogens is 335 g/mol. The normalized spacial score (nSPS) is 14.3. The third kappa shape index (κ3) is 4.06. The average molecular weight is 354 g/mol. The highest BCUT2D eigenvalue weighted by Gasteiger charge is 2.16. The molecule has 0 unspecified atom stereocenters. The van der Waals surface area contributed by atoms with Gasteiger partial charge in [-0.3, -0.25) is 4.90 Å². The van der Waals surface area contributed by atoms with E-state index in [9.17, 15) is 4.39 Å². The molecule has 0 saturated carbocycles. The van der Waals surface area contributed by atoms with Crippen molar-refractivity contribution in [2.24, 2.45) is 0 Å². The van der Waals surface area contributed by atoms with E-state index in [4.69, 9.17) is 4.74 Å². The van der Waals surface area contributed by atoms with Crippen LogP contribution in [0.1, 0.15) is 21.8 Å². The number of hydrogen-bond acceptors (Lipinski definition) is 4. The Morgan fingerprint density at radius 1 is 1.08 bits per heavy atom. The molecule has 0 fully saturated rings. The van der Waals surface area contributed by atoms with Crippen LogP contribution in [0, 0.1) is 5.82 Å². The Labute approximate surface area is 150 Å². The predicted molar refractivity (Wildman–Crippen MR) is 97.1 cm³/mol. The molecule has 0 amide bonds. The minimum atomic E-state index is -0.257. The second kappa shape index (κ2) is 7.33. The summed E-state index contributed by atoms with van der Waals surface area (Å²) in [5.74, 6) is 0.401. The summed E-state index contributed by atoms with van der Waals surface area (Å²) in [6, 6.07) is 14.7. The summed E-state index contributed by atoms with van der Waals surface area (Å²) in [5, 5.41) is 3.04. The zero-order valence-electron chi connectivity index (χ0n) is 13.8. The second-order valence-electron chi connectivity index (χ2n) is 6.20. The van der Waals surface area contributed by atoms with Crippen molar-refractivity contribution in [1.29, 1.82) is 0 Å². The number of thiazole rings is 1. The van der Waals surface area contributed by atoms with Crippen molar-refractivity contribution >= 4 is 11.3 Å². The van der Waals surface area contributed by atoms with E-state index in [1.807, 2.05) is 0 Å². The molecule has 0 radical (unpaired) electrons. The lowest BCUT2D eigenvalue weighted by molar-refractivity contribution is 0.242. The molecule has 1 aliphatic heterocycles. The van der Waals surface area contributed by atoms with Crippen LogP contribution in [-0.4, -0.2) is 16.4 Å². The molecule has 0 saturated heterocycles. The molecule has 4 rings (SSSR count). The van der Waals surface area contributed by atoms with Gasteiger partial charge in [0.05, 0.1) is 5.69 Å². The number of nitrogens with zero attached hydrogens (tertiary/aromatic N) is 2. The van der Waals surface area contributed by atoms with Crippen LogP contribution in [0.3, 0.4) is 0 Å². The summed E-state index contributed by atoms with van der Waals surface area (Å²) < 4.78 is 18.6. The lowest BCUT2D eigenvalue weighted by Crippen LogP contribution is -2.30. The van der Waals surface area contributed by atoms with Crippen LogP contribution in [0.5, 0.6) is 5.75 Å². The maximum Gasteiger partial charge on any atom is 0.140 e. The fraction of sp³-hybridized carbons (Fsp3) is 0.250. The number of rotatable bonds is 5. The average Bonchev–Trinajstić information content (AvgIpc) is 3.08. The molecule has 0 N–H and O–H groups in total. The molecule has 3 nitrogen and oxygen atoms in total. The highest BCUT2D eigenvalue weighted by Crippen LogP contribution is 2.21. The van der Waals surface area contributed by atoms with Crippen LogP contribution >= 0.6 is 11.3 Å². The molecule has 128 valence electrons. The van der Waals surface area contributed by atoms with Crippen LogP contribution < -0.4 is 4.74 Å². The maximum atomic E-state index is 12.9. The fourth-order valence-corrected chi connectivity index (χ4v) is 3.78. The van der Waals surface area contributed by atoms with Crippen LogP contribution in [0.25, 0.3) is 0 Å². The molecule has 0 aliphatic carbocycles. The first-order valence-corrected chi connectivity index (χ1v) is 9.25. The first-order valence-electron chi connectivity index (χ1n) is 8.37. The van der Waals surface area contributed by atoms with Crippen LogP contribution in [0.15, 0.2) is 53.9 Å². The van der Waals surface area contributed by atoms with Gasteiger partial charge in [-0.1, -0.05) is 24.3 Å². The van der Waals surface area contributed by atoms with Gasteiger partial charge in [0.2, 0.25) is 0 Å². The van der Waals surface area contributed by atoms with Crippen molar-refractivity contribution < 1.29 is 9.13 Å². The number of halogens is 1. The minimum Gasteiger partial charge on any atom is -0.486 e. The van der Waals surface area contributed by atoms with Crippen LogP contribution in [-0.2, 0) is 26.1 Å². The maximum absolute atomic E-state index is 12.9. The smallest absolute Gasteiger partial charge is 0.140 e. The largest absolute Gasteiger partial charge is 0.486 e. The number of benzene rings is 2. The molecule has 0 bridgehead atoms. The zero-order chi connectivity index (χ0) is 17.1. The zero-order valence-corrected chi connectivity index (χ0v) is 14.6. The molecule has 25 heavy (non-hydrogen) atoms. The lowest BCUT2D eigenvalue weighted by Gasteiger charge is -2.27. The van der Waals surface area contributed by atoms with Gasteiger partial charge < -0.3 is 4.74 Å². The molecule has 3 aromatic rings. The van der Waals surface area contributed by atoms with E-state index in [0.717, 1.165) is 36.8 Å². The van der Waals surface area contributed by atoms with E-state index in [1.54, 1.807) is 23.5 Å². The van der Waals surface area contributed by atoms with Gasteiger partial charge >= 0.3 is 0 Å². The monoisotopic (exact) mass is 354 g/mol. The Balaban J connectivity index is 1.33. The van der Waals surface area contributed by atoms with Gasteiger partial charge in [-0.25, -0.2) is 9.37 Å². The summed E-state index contributed by atoms with van der Waals surface area (Å²) in [4.78, 5) is 7.10. The van der Waals surface area contributed by atoms with Gasteiger partial charge in [-0.15, -0.1) is 11.3 Å². The van der Waals surface area contributed by atoms with Gasteiger partial charge in [0.15, 0.2) is 0 Å². The highest BCUT2D eigenvalue weighted by molar-refractivity contribution is 7.09. The van der Waals surface area contributed by atoms with Gasteiger partial charge in [-0.2, -0.15) is 0 Å². The van der Waals surface area contributed by atoms with Crippen molar-refractivity contribution in [3.63, 3.8) is 0 Å². The Morgan fingerprint density at radius 2 is 1.88 bits per heavy atom. The summed E-state index contributed by atoms with van der Waals surface area (Å²) in [6.45, 7) is 3.32. The molecule has 1 aliphatic rings. The molecule has 0 spiro atoms. The molecule has 5 heteroatoms. The van der Waals surface area contributed by atoms with Crippen molar-refractivity contribution in [2.45, 2.75) is 26.1 Å². The lowest BCUT2D eigenvalue weighted by atomic mass is 10.00. The van der Waals surface area contributed by atoms with Gasteiger partial charge in [0.1, 0.15) is 23.2 Å². The molecule has 0 atom stereocenters. The summed E-state index contributed by atoms with van der Waals surface area (Å²) in [5.41, 5.74) is 3.97. The quantitative estimate of drug-likeness (QED) is 0.678. The van der Waals surface area contributed by atoms with Gasteiger partial charge in [-0.05, 0) is 41.8 Å². The van der Waals surface area contributed by atoms with Crippen LogP contribution in [0.4, 0.5) is 4.39 Å². The van der Waals surface area contributed by atoms with Gasteiger partial charge in [0, 0.05) is 25.0 Å². The third-order valence-electron chi connectivity index (χ3n) is 4.37. The van der Waals surface area contributed by atoms with E-state index in [2.05, 4.69) is 39.5 Å². The Bertz CT molecular complexity index is 847. The molecule has 2 aromatic carbocycles. The van der Waals surface area contributed by atoms with Crippen molar-refractivity contribution in [1.82, 2.24) is 9.88 Å². The molecule has 2 heterocycles. The Kier molecular flexibility index (Phi) is 4.76. The first-order chi connectivity index (χ1) is 12.3. The van der Waals surface area contributed by atoms with Crippen LogP contribution in [0.2, 0.25) is 0 Å². The number of aromatic nitrogens is 1. The number of ether oxygens (including phenoxy) is 1. The van der Waals surface area contributed by atoms with Crippen molar-refractivity contribution in [2.75, 3.05) is 6.54 Å². The van der Waals surface area contributed by atoms with Crippen molar-refractivity contribution in [3.8, 4) is 5.75 Å². The second-order valence-corrected chi connectivity index (χ2v) is 7.15. The Morgan fingerprint density at radius 3 is 2.72 bits per heavy atom. The topological polar surface area (TPSA) is 25.4 Å². The van der Waals surface area contributed by atoms with E-state index in [-0.39, 0.29) is 5.82 Å².